The Morgan fingerprint density at radius 3 is 2.50 bits per heavy atom. The van der Waals surface area contributed by atoms with E-state index in [1.807, 2.05) is 0 Å². The van der Waals surface area contributed by atoms with Gasteiger partial charge in [-0.2, -0.15) is 0 Å². The van der Waals surface area contributed by atoms with E-state index in [9.17, 15) is 0 Å². The van der Waals surface area contributed by atoms with Gasteiger partial charge in [0.15, 0.2) is 0 Å². The molecular weight excluding hydrogens is 240 g/mol. The second kappa shape index (κ2) is 5.50. The molecule has 0 aromatic carbocycles. The summed E-state index contributed by atoms with van der Waals surface area (Å²) in [6, 6.07) is 0. The van der Waals surface area contributed by atoms with E-state index >= 15 is 0 Å². The highest BCUT2D eigenvalue weighted by atomic mass is 79.9. The van der Waals surface area contributed by atoms with E-state index in [0.717, 1.165) is 29.9 Å². The molecule has 82 valence electrons. The first-order chi connectivity index (χ1) is 6.86. The maximum absolute atomic E-state index is 5.60. The lowest BCUT2D eigenvalue weighted by Crippen LogP contribution is -2.26. The molecule has 2 aliphatic rings. The van der Waals surface area contributed by atoms with Gasteiger partial charge < -0.3 is 4.74 Å². The second-order valence-corrected chi connectivity index (χ2v) is 6.15. The molecule has 2 fully saturated rings. The SMILES string of the molecule is BrC1CCCCC(C2CCCOC2)C1. The quantitative estimate of drug-likeness (QED) is 0.516. The van der Waals surface area contributed by atoms with Gasteiger partial charge in [0.2, 0.25) is 0 Å². The smallest absolute Gasteiger partial charge is 0.0496 e. The lowest BCUT2D eigenvalue weighted by atomic mass is 9.83. The maximum Gasteiger partial charge on any atom is 0.0496 e. The van der Waals surface area contributed by atoms with Crippen LogP contribution in [-0.4, -0.2) is 18.0 Å². The van der Waals surface area contributed by atoms with Crippen molar-refractivity contribution in [2.75, 3.05) is 13.2 Å². The molecule has 1 nitrogen and oxygen atoms in total. The van der Waals surface area contributed by atoms with Crippen molar-refractivity contribution < 1.29 is 4.74 Å². The molecule has 1 heterocycles. The second-order valence-electron chi connectivity index (χ2n) is 4.85. The molecule has 2 rings (SSSR count). The van der Waals surface area contributed by atoms with Gasteiger partial charge in [-0.25, -0.2) is 0 Å². The zero-order valence-corrected chi connectivity index (χ0v) is 10.5. The van der Waals surface area contributed by atoms with E-state index in [4.69, 9.17) is 4.74 Å². The summed E-state index contributed by atoms with van der Waals surface area (Å²) in [7, 11) is 0. The van der Waals surface area contributed by atoms with E-state index in [2.05, 4.69) is 15.9 Å². The minimum absolute atomic E-state index is 0.775. The molecule has 1 aliphatic heterocycles. The van der Waals surface area contributed by atoms with Crippen LogP contribution in [0.1, 0.15) is 44.9 Å². The molecule has 0 N–H and O–H groups in total. The maximum atomic E-state index is 5.60. The zero-order valence-electron chi connectivity index (χ0n) is 8.88. The Morgan fingerprint density at radius 1 is 0.929 bits per heavy atom. The van der Waals surface area contributed by atoms with Gasteiger partial charge in [-0.05, 0) is 37.5 Å². The number of ether oxygens (including phenoxy) is 1. The van der Waals surface area contributed by atoms with Crippen LogP contribution in [0.5, 0.6) is 0 Å². The number of halogens is 1. The average molecular weight is 261 g/mol. The molecule has 3 atom stereocenters. The van der Waals surface area contributed by atoms with Gasteiger partial charge in [0.05, 0.1) is 0 Å². The van der Waals surface area contributed by atoms with Crippen molar-refractivity contribution in [3.8, 4) is 0 Å². The van der Waals surface area contributed by atoms with E-state index in [1.165, 1.54) is 44.9 Å². The predicted molar refractivity (Wildman–Crippen MR) is 62.8 cm³/mol. The summed E-state index contributed by atoms with van der Waals surface area (Å²) >= 11 is 3.80. The van der Waals surface area contributed by atoms with Crippen LogP contribution < -0.4 is 0 Å². The van der Waals surface area contributed by atoms with Gasteiger partial charge in [-0.3, -0.25) is 0 Å². The van der Waals surface area contributed by atoms with Crippen LogP contribution in [-0.2, 0) is 4.74 Å². The van der Waals surface area contributed by atoms with Crippen LogP contribution in [0.25, 0.3) is 0 Å². The third-order valence-corrected chi connectivity index (χ3v) is 4.59. The largest absolute Gasteiger partial charge is 0.381 e. The van der Waals surface area contributed by atoms with Crippen molar-refractivity contribution in [2.24, 2.45) is 11.8 Å². The van der Waals surface area contributed by atoms with Crippen LogP contribution in [0.15, 0.2) is 0 Å². The third kappa shape index (κ3) is 2.96. The van der Waals surface area contributed by atoms with Crippen molar-refractivity contribution in [3.63, 3.8) is 0 Å². The van der Waals surface area contributed by atoms with Crippen molar-refractivity contribution in [1.29, 1.82) is 0 Å². The molecule has 0 amide bonds. The summed E-state index contributed by atoms with van der Waals surface area (Å²) in [6.07, 6.45) is 9.75. The molecule has 0 aromatic heterocycles. The Morgan fingerprint density at radius 2 is 1.71 bits per heavy atom. The fourth-order valence-electron chi connectivity index (χ4n) is 2.90. The molecule has 0 aromatic rings. The average Bonchev–Trinajstić information content (AvgIpc) is 2.44. The van der Waals surface area contributed by atoms with E-state index in [0.29, 0.717) is 0 Å². The summed E-state index contributed by atoms with van der Waals surface area (Å²) in [5.74, 6) is 1.80. The van der Waals surface area contributed by atoms with Crippen LogP contribution in [0.2, 0.25) is 0 Å². The van der Waals surface area contributed by atoms with Gasteiger partial charge in [-0.15, -0.1) is 0 Å². The first kappa shape index (κ1) is 10.9. The van der Waals surface area contributed by atoms with Gasteiger partial charge in [0.25, 0.3) is 0 Å². The summed E-state index contributed by atoms with van der Waals surface area (Å²) in [6.45, 7) is 2.03. The lowest BCUT2D eigenvalue weighted by Gasteiger charge is -2.30. The zero-order chi connectivity index (χ0) is 9.80. The van der Waals surface area contributed by atoms with Crippen molar-refractivity contribution in [2.45, 2.75) is 49.8 Å². The van der Waals surface area contributed by atoms with Crippen LogP contribution in [0, 0.1) is 11.8 Å². The summed E-state index contributed by atoms with van der Waals surface area (Å²) in [4.78, 5) is 0.775. The van der Waals surface area contributed by atoms with Gasteiger partial charge >= 0.3 is 0 Å². The fraction of sp³-hybridized carbons (Fsp3) is 1.00. The van der Waals surface area contributed by atoms with Gasteiger partial charge in [-0.1, -0.05) is 35.2 Å². The molecule has 1 aliphatic carbocycles. The van der Waals surface area contributed by atoms with E-state index < -0.39 is 0 Å². The Labute approximate surface area is 95.7 Å². The van der Waals surface area contributed by atoms with Crippen LogP contribution >= 0.6 is 15.9 Å². The van der Waals surface area contributed by atoms with Crippen molar-refractivity contribution in [1.82, 2.24) is 0 Å². The summed E-state index contributed by atoms with van der Waals surface area (Å²) < 4.78 is 5.60. The highest BCUT2D eigenvalue weighted by Gasteiger charge is 2.27. The first-order valence-corrected chi connectivity index (χ1v) is 6.99. The van der Waals surface area contributed by atoms with E-state index in [-0.39, 0.29) is 0 Å². The Hall–Kier alpha value is 0.440. The lowest BCUT2D eigenvalue weighted by molar-refractivity contribution is 0.0276. The van der Waals surface area contributed by atoms with Crippen molar-refractivity contribution in [3.05, 3.63) is 0 Å². The number of alkyl halides is 1. The molecule has 0 bridgehead atoms. The molecule has 1 saturated carbocycles. The van der Waals surface area contributed by atoms with E-state index in [1.54, 1.807) is 0 Å². The minimum Gasteiger partial charge on any atom is -0.381 e. The molecule has 0 spiro atoms. The summed E-state index contributed by atoms with van der Waals surface area (Å²) in [5.41, 5.74) is 0. The highest BCUT2D eigenvalue weighted by Crippen LogP contribution is 2.35. The molecule has 1 saturated heterocycles. The molecule has 14 heavy (non-hydrogen) atoms. The predicted octanol–water partition coefficient (Wildman–Crippen LogP) is 3.76. The Bertz CT molecular complexity index is 166. The highest BCUT2D eigenvalue weighted by molar-refractivity contribution is 9.09. The first-order valence-electron chi connectivity index (χ1n) is 6.08. The van der Waals surface area contributed by atoms with Gasteiger partial charge in [0.1, 0.15) is 0 Å². The molecular formula is C12H21BrO. The molecule has 2 heteroatoms. The monoisotopic (exact) mass is 260 g/mol. The van der Waals surface area contributed by atoms with Crippen molar-refractivity contribution >= 4 is 15.9 Å². The van der Waals surface area contributed by atoms with Crippen LogP contribution in [0.4, 0.5) is 0 Å². The Balaban J connectivity index is 1.87. The van der Waals surface area contributed by atoms with Gasteiger partial charge in [0, 0.05) is 18.0 Å². The topological polar surface area (TPSA) is 9.23 Å². The summed E-state index contributed by atoms with van der Waals surface area (Å²) in [5, 5.41) is 0. The number of hydrogen-bond donors (Lipinski definition) is 0. The Kier molecular flexibility index (Phi) is 4.30. The minimum atomic E-state index is 0.775. The normalized spacial score (nSPS) is 40.5. The standard InChI is InChI=1S/C12H21BrO/c13-12-6-2-1-4-10(8-12)11-5-3-7-14-9-11/h10-12H,1-9H2. The van der Waals surface area contributed by atoms with Crippen LogP contribution in [0.3, 0.4) is 0 Å². The molecule has 0 radical (unpaired) electrons. The fourth-order valence-corrected chi connectivity index (χ4v) is 3.71. The number of rotatable bonds is 1. The molecule has 3 unspecified atom stereocenters. The third-order valence-electron chi connectivity index (χ3n) is 3.76. The number of hydrogen-bond acceptors (Lipinski definition) is 1.